The first-order valence-electron chi connectivity index (χ1n) is 10.1. The van der Waals surface area contributed by atoms with Gasteiger partial charge < -0.3 is 21.4 Å². The zero-order chi connectivity index (χ0) is 21.3. The molecule has 1 saturated heterocycles. The van der Waals surface area contributed by atoms with Crippen molar-refractivity contribution in [3.05, 3.63) is 75.0 Å². The van der Waals surface area contributed by atoms with E-state index in [9.17, 15) is 10.2 Å². The van der Waals surface area contributed by atoms with Gasteiger partial charge in [-0.15, -0.1) is 0 Å². The SMILES string of the molecule is C1CC[NH2+]CC1.CC1=C(C(=O)Nc2ccccc2)C(c2ccsc2)C(=C=[N-])C(=S)N1. The summed E-state index contributed by atoms with van der Waals surface area (Å²) in [6.07, 6.45) is 4.36. The van der Waals surface area contributed by atoms with Crippen LogP contribution in [0, 0.1) is 0 Å². The molecule has 1 aromatic carbocycles. The monoisotopic (exact) mass is 438 g/mol. The first-order valence-corrected chi connectivity index (χ1v) is 11.5. The highest BCUT2D eigenvalue weighted by molar-refractivity contribution is 7.80. The molecule has 1 atom stereocenters. The number of allylic oxidation sites excluding steroid dienone is 1. The average molecular weight is 439 g/mol. The fourth-order valence-corrected chi connectivity index (χ4v) is 4.61. The second-order valence-electron chi connectivity index (χ2n) is 7.25. The summed E-state index contributed by atoms with van der Waals surface area (Å²) in [5, 5.41) is 21.7. The third-order valence-corrected chi connectivity index (χ3v) is 6.14. The molecule has 156 valence electrons. The van der Waals surface area contributed by atoms with Crippen molar-refractivity contribution in [2.45, 2.75) is 32.1 Å². The van der Waals surface area contributed by atoms with E-state index in [4.69, 9.17) is 12.2 Å². The fraction of sp³-hybridized carbons (Fsp3) is 0.304. The summed E-state index contributed by atoms with van der Waals surface area (Å²) in [4.78, 5) is 13.3. The summed E-state index contributed by atoms with van der Waals surface area (Å²) in [6.45, 7) is 4.56. The molecule has 2 aliphatic rings. The van der Waals surface area contributed by atoms with Gasteiger partial charge in [0.05, 0.1) is 19.0 Å². The summed E-state index contributed by atoms with van der Waals surface area (Å²) >= 11 is 6.82. The minimum Gasteiger partial charge on any atom is -0.763 e. The molecule has 1 unspecified atom stereocenters. The highest BCUT2D eigenvalue weighted by atomic mass is 32.1. The van der Waals surface area contributed by atoms with Crippen molar-refractivity contribution < 1.29 is 10.1 Å². The van der Waals surface area contributed by atoms with Gasteiger partial charge in [0.2, 0.25) is 0 Å². The van der Waals surface area contributed by atoms with Gasteiger partial charge in [0.25, 0.3) is 5.91 Å². The molecule has 0 aliphatic carbocycles. The number of rotatable bonds is 3. The van der Waals surface area contributed by atoms with E-state index in [-0.39, 0.29) is 5.91 Å². The summed E-state index contributed by atoms with van der Waals surface area (Å²) in [5.41, 5.74) is 3.19. The van der Waals surface area contributed by atoms with Crippen LogP contribution in [0.25, 0.3) is 5.41 Å². The molecule has 3 heterocycles. The predicted octanol–water partition coefficient (Wildman–Crippen LogP) is 3.57. The van der Waals surface area contributed by atoms with E-state index in [2.05, 4.69) is 21.8 Å². The number of benzene rings is 1. The third kappa shape index (κ3) is 5.52. The Labute approximate surface area is 186 Å². The molecule has 1 amide bonds. The van der Waals surface area contributed by atoms with Crippen LogP contribution in [0.15, 0.2) is 64.0 Å². The molecule has 0 spiro atoms. The van der Waals surface area contributed by atoms with Gasteiger partial charge in [-0.05, 0) is 60.7 Å². The molecule has 4 N–H and O–H groups in total. The highest BCUT2D eigenvalue weighted by Crippen LogP contribution is 2.37. The summed E-state index contributed by atoms with van der Waals surface area (Å²) in [6, 6.07) is 11.2. The number of para-hydroxylation sites is 1. The minimum atomic E-state index is -0.446. The Morgan fingerprint density at radius 1 is 1.23 bits per heavy atom. The van der Waals surface area contributed by atoms with E-state index < -0.39 is 5.92 Å². The van der Waals surface area contributed by atoms with Crippen LogP contribution in [0.2, 0.25) is 0 Å². The molecule has 0 bridgehead atoms. The number of hydrogen-bond donors (Lipinski definition) is 3. The first kappa shape index (κ1) is 22.1. The van der Waals surface area contributed by atoms with Crippen molar-refractivity contribution in [2.75, 3.05) is 18.4 Å². The number of nitrogens with two attached hydrogens (primary N) is 1. The van der Waals surface area contributed by atoms with Crippen molar-refractivity contribution in [1.82, 2.24) is 5.32 Å². The quantitative estimate of drug-likeness (QED) is 0.389. The predicted molar refractivity (Wildman–Crippen MR) is 128 cm³/mol. The molecule has 5 nitrogen and oxygen atoms in total. The van der Waals surface area contributed by atoms with E-state index in [0.29, 0.717) is 27.5 Å². The largest absolute Gasteiger partial charge is 0.763 e. The maximum Gasteiger partial charge on any atom is 0.254 e. The Hall–Kier alpha value is -2.57. The van der Waals surface area contributed by atoms with Crippen molar-refractivity contribution in [3.8, 4) is 0 Å². The second kappa shape index (κ2) is 11.0. The minimum absolute atomic E-state index is 0.238. The lowest BCUT2D eigenvalue weighted by Crippen LogP contribution is -2.85. The van der Waals surface area contributed by atoms with Crippen molar-refractivity contribution in [3.63, 3.8) is 0 Å². The van der Waals surface area contributed by atoms with Gasteiger partial charge in [0.15, 0.2) is 0 Å². The smallest absolute Gasteiger partial charge is 0.254 e. The van der Waals surface area contributed by atoms with Crippen LogP contribution >= 0.6 is 23.6 Å². The Bertz CT molecular complexity index is 945. The lowest BCUT2D eigenvalue weighted by Gasteiger charge is -2.30. The standard InChI is InChI=1S/C18H14N3OS2.C5H11N/c1-11-15(17(22)21-13-5-3-2-4-6-13)16(12-7-8-24-10-12)14(9-19)18(23)20-11;1-2-4-6-5-3-1/h2-8,10,16H,1H3,(H,20,23)(H,21,22);6H,1-5H2/q-1;/p+1. The van der Waals surface area contributed by atoms with E-state index >= 15 is 0 Å². The van der Waals surface area contributed by atoms with E-state index in [1.54, 1.807) is 6.92 Å². The molecule has 0 saturated carbocycles. The molecule has 1 aromatic heterocycles. The van der Waals surface area contributed by atoms with Crippen LogP contribution in [0.5, 0.6) is 0 Å². The van der Waals surface area contributed by atoms with Gasteiger partial charge in [-0.1, -0.05) is 30.4 Å². The number of thiophene rings is 1. The van der Waals surface area contributed by atoms with Gasteiger partial charge >= 0.3 is 0 Å². The third-order valence-electron chi connectivity index (χ3n) is 5.12. The summed E-state index contributed by atoms with van der Waals surface area (Å²) in [7, 11) is 0. The maximum absolute atomic E-state index is 12.9. The van der Waals surface area contributed by atoms with Crippen LogP contribution in [-0.2, 0) is 4.79 Å². The van der Waals surface area contributed by atoms with Gasteiger partial charge in [-0.25, -0.2) is 0 Å². The van der Waals surface area contributed by atoms with Crippen LogP contribution < -0.4 is 16.0 Å². The molecule has 1 fully saturated rings. The molecule has 2 aromatic rings. The zero-order valence-corrected chi connectivity index (χ0v) is 18.6. The molecule has 30 heavy (non-hydrogen) atoms. The van der Waals surface area contributed by atoms with Crippen LogP contribution in [0.4, 0.5) is 5.69 Å². The Balaban J connectivity index is 0.000000367. The number of thiocarbonyl (C=S) groups is 1. The number of carbonyl (C=O) groups is 1. The normalized spacial score (nSPS) is 18.6. The maximum atomic E-state index is 12.9. The number of nitrogens with one attached hydrogen (secondary N) is 2. The molecular formula is C23H26N4OS2. The summed E-state index contributed by atoms with van der Waals surface area (Å²) in [5.74, 6) is 1.48. The number of anilines is 1. The lowest BCUT2D eigenvalue weighted by molar-refractivity contribution is -0.662. The molecular weight excluding hydrogens is 412 g/mol. The number of piperidine rings is 1. The van der Waals surface area contributed by atoms with Gasteiger partial charge in [0, 0.05) is 22.5 Å². The van der Waals surface area contributed by atoms with E-state index in [0.717, 1.165) is 5.56 Å². The summed E-state index contributed by atoms with van der Waals surface area (Å²) < 4.78 is 0. The van der Waals surface area contributed by atoms with Crippen molar-refractivity contribution in [1.29, 1.82) is 0 Å². The Morgan fingerprint density at radius 2 is 1.97 bits per heavy atom. The van der Waals surface area contributed by atoms with Crippen LogP contribution in [0.1, 0.15) is 37.7 Å². The van der Waals surface area contributed by atoms with E-state index in [1.165, 1.54) is 43.7 Å². The molecule has 7 heteroatoms. The first-order chi connectivity index (χ1) is 14.6. The van der Waals surface area contributed by atoms with Gasteiger partial charge in [-0.3, -0.25) is 10.7 Å². The fourth-order valence-electron chi connectivity index (χ4n) is 3.60. The molecule has 0 radical (unpaired) electrons. The Kier molecular flexibility index (Phi) is 8.11. The van der Waals surface area contributed by atoms with E-state index in [1.807, 2.05) is 47.2 Å². The number of carbonyl (C=O) groups excluding carboxylic acids is 1. The zero-order valence-electron chi connectivity index (χ0n) is 17.0. The van der Waals surface area contributed by atoms with Crippen molar-refractivity contribution >= 4 is 46.0 Å². The topological polar surface area (TPSA) is 80.0 Å². The number of quaternary nitrogens is 1. The van der Waals surface area contributed by atoms with Crippen LogP contribution in [0.3, 0.4) is 0 Å². The lowest BCUT2D eigenvalue weighted by atomic mass is 9.82. The number of nitrogens with zero attached hydrogens (tertiary/aromatic N) is 1. The second-order valence-corrected chi connectivity index (χ2v) is 8.44. The number of hydrogen-bond acceptors (Lipinski definition) is 3. The van der Waals surface area contributed by atoms with Gasteiger partial charge in [-0.2, -0.15) is 11.3 Å². The molecule has 2 aliphatic heterocycles. The van der Waals surface area contributed by atoms with Crippen molar-refractivity contribution in [2.24, 2.45) is 0 Å². The van der Waals surface area contributed by atoms with Crippen LogP contribution in [-0.4, -0.2) is 29.9 Å². The average Bonchev–Trinajstić information content (AvgIpc) is 3.30. The van der Waals surface area contributed by atoms with Gasteiger partial charge in [0.1, 0.15) is 4.99 Å². The number of amides is 1. The Morgan fingerprint density at radius 3 is 2.50 bits per heavy atom. The highest BCUT2D eigenvalue weighted by Gasteiger charge is 2.33. The molecule has 4 rings (SSSR count).